The molecule has 2 N–H and O–H groups in total. The Morgan fingerprint density at radius 3 is 2.47 bits per heavy atom. The zero-order chi connectivity index (χ0) is 23.7. The summed E-state index contributed by atoms with van der Waals surface area (Å²) in [5.74, 6) is -0.305. The molecule has 4 aromatic rings. The summed E-state index contributed by atoms with van der Waals surface area (Å²) in [4.78, 5) is 19.0. The van der Waals surface area contributed by atoms with Crippen molar-refractivity contribution in [3.8, 4) is 11.4 Å². The van der Waals surface area contributed by atoms with Gasteiger partial charge in [-0.2, -0.15) is 0 Å². The van der Waals surface area contributed by atoms with Crippen molar-refractivity contribution in [1.29, 1.82) is 0 Å². The molecule has 8 heteroatoms. The second-order valence-electron chi connectivity index (χ2n) is 7.80. The number of phenolic OH excluding ortho intramolecular Hbond substituents is 1. The van der Waals surface area contributed by atoms with Gasteiger partial charge in [-0.3, -0.25) is 4.98 Å². The molecule has 0 radical (unpaired) electrons. The number of pyridine rings is 1. The van der Waals surface area contributed by atoms with E-state index in [1.165, 1.54) is 7.11 Å². The van der Waals surface area contributed by atoms with E-state index in [1.807, 2.05) is 70.3 Å². The number of nitrogens with zero attached hydrogens (tertiary/aromatic N) is 3. The maximum absolute atomic E-state index is 12.5. The van der Waals surface area contributed by atoms with Crippen molar-refractivity contribution in [1.82, 2.24) is 14.9 Å². The van der Waals surface area contributed by atoms with Gasteiger partial charge < -0.3 is 24.6 Å². The van der Waals surface area contributed by atoms with Crippen molar-refractivity contribution in [2.75, 3.05) is 12.0 Å². The summed E-state index contributed by atoms with van der Waals surface area (Å²) in [6, 6.07) is 23.3. The average molecular weight is 471 g/mol. The molecule has 1 aliphatic rings. The Balaban J connectivity index is 1.71. The summed E-state index contributed by atoms with van der Waals surface area (Å²) in [7, 11) is 1.37. The van der Waals surface area contributed by atoms with Crippen molar-refractivity contribution >= 4 is 29.0 Å². The standard InChI is InChI=1S/C26H22N4O3S/c1-33-25(32)17-9-2-3-11-19(17)29-16-8-13-21(29)24-23(18-10-6-7-15-27-18)28-26(34)30(24)20-12-4-5-14-22(20)31/h2-16,23-24,31H,1H3,(H,28,34)/t23-,24-/m1/s1. The van der Waals surface area contributed by atoms with Gasteiger partial charge in [0.2, 0.25) is 0 Å². The monoisotopic (exact) mass is 470 g/mol. The Morgan fingerprint density at radius 1 is 1.00 bits per heavy atom. The number of esters is 1. The van der Waals surface area contributed by atoms with Gasteiger partial charge in [-0.25, -0.2) is 4.79 Å². The first-order valence-corrected chi connectivity index (χ1v) is 11.1. The van der Waals surface area contributed by atoms with Crippen LogP contribution in [0.25, 0.3) is 5.69 Å². The predicted octanol–water partition coefficient (Wildman–Crippen LogP) is 4.54. The van der Waals surface area contributed by atoms with Gasteiger partial charge >= 0.3 is 5.97 Å². The minimum absolute atomic E-state index is 0.117. The molecule has 0 amide bonds. The molecule has 2 aromatic heterocycles. The molecule has 0 saturated carbocycles. The largest absolute Gasteiger partial charge is 0.506 e. The number of phenols is 1. The molecule has 0 aliphatic carbocycles. The molecule has 0 spiro atoms. The number of benzene rings is 2. The maximum atomic E-state index is 12.5. The number of carbonyl (C=O) groups is 1. The minimum Gasteiger partial charge on any atom is -0.506 e. The molecule has 0 unspecified atom stereocenters. The van der Waals surface area contributed by atoms with Gasteiger partial charge in [-0.1, -0.05) is 30.3 Å². The maximum Gasteiger partial charge on any atom is 0.339 e. The number of anilines is 1. The first-order valence-electron chi connectivity index (χ1n) is 10.7. The molecule has 2 atom stereocenters. The van der Waals surface area contributed by atoms with Crippen molar-refractivity contribution in [2.24, 2.45) is 0 Å². The number of hydrogen-bond donors (Lipinski definition) is 2. The number of carbonyl (C=O) groups excluding carboxylic acids is 1. The lowest BCUT2D eigenvalue weighted by Gasteiger charge is -2.29. The Labute approximate surface area is 202 Å². The van der Waals surface area contributed by atoms with Crippen LogP contribution in [0.4, 0.5) is 5.69 Å². The number of aromatic nitrogens is 2. The molecule has 0 bridgehead atoms. The highest BCUT2D eigenvalue weighted by Crippen LogP contribution is 2.44. The van der Waals surface area contributed by atoms with Gasteiger partial charge in [0.1, 0.15) is 11.8 Å². The Morgan fingerprint density at radius 2 is 1.74 bits per heavy atom. The zero-order valence-corrected chi connectivity index (χ0v) is 19.1. The Hall–Kier alpha value is -4.17. The number of ether oxygens (including phenoxy) is 1. The highest BCUT2D eigenvalue weighted by molar-refractivity contribution is 7.80. The number of para-hydroxylation sites is 3. The SMILES string of the molecule is COC(=O)c1ccccc1-n1cccc1[C@@H]1[C@@H](c2ccccn2)NC(=S)N1c1ccccc1O. The number of rotatable bonds is 5. The number of hydrogen-bond acceptors (Lipinski definition) is 5. The van der Waals surface area contributed by atoms with E-state index in [2.05, 4.69) is 10.3 Å². The third kappa shape index (κ3) is 3.68. The molecular formula is C26H22N4O3S. The first-order chi connectivity index (χ1) is 16.6. The van der Waals surface area contributed by atoms with Crippen LogP contribution < -0.4 is 10.2 Å². The molecule has 170 valence electrons. The van der Waals surface area contributed by atoms with Crippen molar-refractivity contribution in [2.45, 2.75) is 12.1 Å². The topological polar surface area (TPSA) is 79.6 Å². The summed E-state index contributed by atoms with van der Waals surface area (Å²) in [6.07, 6.45) is 3.64. The van der Waals surface area contributed by atoms with Crippen LogP contribution in [0.5, 0.6) is 5.75 Å². The average Bonchev–Trinajstić information content (AvgIpc) is 3.48. The zero-order valence-electron chi connectivity index (χ0n) is 18.3. The lowest BCUT2D eigenvalue weighted by atomic mass is 10.00. The quantitative estimate of drug-likeness (QED) is 0.327. The fourth-order valence-electron chi connectivity index (χ4n) is 4.40. The molecule has 2 aromatic carbocycles. The van der Waals surface area contributed by atoms with Crippen molar-refractivity contribution < 1.29 is 14.6 Å². The minimum atomic E-state index is -0.422. The van der Waals surface area contributed by atoms with Crippen LogP contribution >= 0.6 is 12.2 Å². The molecule has 1 aliphatic heterocycles. The smallest absolute Gasteiger partial charge is 0.339 e. The summed E-state index contributed by atoms with van der Waals surface area (Å²) >= 11 is 5.75. The van der Waals surface area contributed by atoms with E-state index < -0.39 is 5.97 Å². The van der Waals surface area contributed by atoms with Crippen LogP contribution in [0.15, 0.2) is 91.3 Å². The number of methoxy groups -OCH3 is 1. The van der Waals surface area contributed by atoms with E-state index in [9.17, 15) is 9.90 Å². The lowest BCUT2D eigenvalue weighted by Crippen LogP contribution is -2.30. The van der Waals surface area contributed by atoms with Gasteiger partial charge in [0.25, 0.3) is 0 Å². The van der Waals surface area contributed by atoms with Crippen LogP contribution in [-0.4, -0.2) is 32.8 Å². The Kier molecular flexibility index (Phi) is 5.73. The van der Waals surface area contributed by atoms with Crippen molar-refractivity contribution in [3.05, 3.63) is 108 Å². The Bertz CT molecular complexity index is 1350. The van der Waals surface area contributed by atoms with Gasteiger partial charge in [0.15, 0.2) is 5.11 Å². The second kappa shape index (κ2) is 8.99. The van der Waals surface area contributed by atoms with Crippen LogP contribution in [0, 0.1) is 0 Å². The predicted molar refractivity (Wildman–Crippen MR) is 133 cm³/mol. The third-order valence-corrected chi connectivity index (χ3v) is 6.21. The number of aromatic hydroxyl groups is 1. The normalized spacial score (nSPS) is 17.4. The summed E-state index contributed by atoms with van der Waals surface area (Å²) in [6.45, 7) is 0. The molecule has 3 heterocycles. The van der Waals surface area contributed by atoms with Crippen LogP contribution in [0.3, 0.4) is 0 Å². The van der Waals surface area contributed by atoms with E-state index in [0.717, 1.165) is 11.4 Å². The highest BCUT2D eigenvalue weighted by atomic mass is 32.1. The summed E-state index contributed by atoms with van der Waals surface area (Å²) < 4.78 is 6.97. The van der Waals surface area contributed by atoms with Gasteiger partial charge in [0, 0.05) is 18.1 Å². The van der Waals surface area contributed by atoms with Gasteiger partial charge in [-0.05, 0) is 60.7 Å². The van der Waals surface area contributed by atoms with E-state index in [4.69, 9.17) is 17.0 Å². The second-order valence-corrected chi connectivity index (χ2v) is 8.18. The number of thiocarbonyl (C=S) groups is 1. The molecule has 34 heavy (non-hydrogen) atoms. The van der Waals surface area contributed by atoms with E-state index in [1.54, 1.807) is 30.5 Å². The fourth-order valence-corrected chi connectivity index (χ4v) is 4.74. The van der Waals surface area contributed by atoms with Crippen LogP contribution in [0.1, 0.15) is 33.8 Å². The fraction of sp³-hybridized carbons (Fsp3) is 0.115. The van der Waals surface area contributed by atoms with Crippen molar-refractivity contribution in [3.63, 3.8) is 0 Å². The van der Waals surface area contributed by atoms with Gasteiger partial charge in [-0.15, -0.1) is 0 Å². The van der Waals surface area contributed by atoms with E-state index >= 15 is 0 Å². The molecular weight excluding hydrogens is 448 g/mol. The van der Waals surface area contributed by atoms with Crippen LogP contribution in [-0.2, 0) is 4.74 Å². The summed E-state index contributed by atoms with van der Waals surface area (Å²) in [5, 5.41) is 14.5. The highest BCUT2D eigenvalue weighted by Gasteiger charge is 2.43. The molecule has 5 rings (SSSR count). The van der Waals surface area contributed by atoms with E-state index in [-0.39, 0.29) is 17.8 Å². The first kappa shape index (κ1) is 21.7. The molecule has 1 fully saturated rings. The number of nitrogens with one attached hydrogen (secondary N) is 1. The van der Waals surface area contributed by atoms with Gasteiger partial charge in [0.05, 0.1) is 35.8 Å². The molecule has 7 nitrogen and oxygen atoms in total. The lowest BCUT2D eigenvalue weighted by molar-refractivity contribution is 0.0600. The van der Waals surface area contributed by atoms with E-state index in [0.29, 0.717) is 22.1 Å². The third-order valence-electron chi connectivity index (χ3n) is 5.89. The van der Waals surface area contributed by atoms with Crippen LogP contribution in [0.2, 0.25) is 0 Å². The molecule has 1 saturated heterocycles. The summed E-state index contributed by atoms with van der Waals surface area (Å²) in [5.41, 5.74) is 3.38.